The average molecular weight is 262 g/mol. The van der Waals surface area contributed by atoms with E-state index >= 15 is 0 Å². The van der Waals surface area contributed by atoms with Crippen LogP contribution in [0, 0.1) is 0 Å². The maximum Gasteiger partial charge on any atom is 0.101 e. The number of nitrogens with two attached hydrogens (primary N) is 1. The third kappa shape index (κ3) is 2.83. The Hall–Kier alpha value is -1.30. The molecule has 1 aromatic rings. The molecule has 0 aliphatic carbocycles. The number of nitrogens with one attached hydrogen (secondary N) is 1. The Kier molecular flexibility index (Phi) is 3.87. The summed E-state index contributed by atoms with van der Waals surface area (Å²) in [4.78, 5) is 4.65. The summed E-state index contributed by atoms with van der Waals surface area (Å²) in [5.41, 5.74) is 8.61. The fourth-order valence-corrected chi connectivity index (χ4v) is 2.73. The number of piperazine rings is 1. The molecule has 2 fully saturated rings. The van der Waals surface area contributed by atoms with Gasteiger partial charge in [0.05, 0.1) is 13.2 Å². The second kappa shape index (κ2) is 5.77. The van der Waals surface area contributed by atoms with Crippen molar-refractivity contribution in [1.82, 2.24) is 5.32 Å². The Bertz CT molecular complexity index is 420. The van der Waals surface area contributed by atoms with Crippen molar-refractivity contribution >= 4 is 11.4 Å². The second-order valence-electron chi connectivity index (χ2n) is 5.09. The van der Waals surface area contributed by atoms with Gasteiger partial charge in [0.1, 0.15) is 6.17 Å². The first kappa shape index (κ1) is 12.7. The lowest BCUT2D eigenvalue weighted by molar-refractivity contribution is 0.0958. The number of morpholine rings is 1. The van der Waals surface area contributed by atoms with Crippen molar-refractivity contribution in [2.75, 3.05) is 55.7 Å². The van der Waals surface area contributed by atoms with Gasteiger partial charge in [-0.1, -0.05) is 6.07 Å². The average Bonchev–Trinajstić information content (AvgIpc) is 2.49. The summed E-state index contributed by atoms with van der Waals surface area (Å²) in [6, 6.07) is 8.68. The number of hydrogen-bond donors (Lipinski definition) is 2. The minimum atomic E-state index is -0.0352. The van der Waals surface area contributed by atoms with Gasteiger partial charge < -0.3 is 25.6 Å². The predicted molar refractivity (Wildman–Crippen MR) is 77.7 cm³/mol. The number of anilines is 2. The van der Waals surface area contributed by atoms with Gasteiger partial charge >= 0.3 is 0 Å². The predicted octanol–water partition coefficient (Wildman–Crippen LogP) is 0.218. The summed E-state index contributed by atoms with van der Waals surface area (Å²) < 4.78 is 5.39. The molecule has 0 radical (unpaired) electrons. The Morgan fingerprint density at radius 3 is 2.74 bits per heavy atom. The van der Waals surface area contributed by atoms with E-state index in [0.29, 0.717) is 6.61 Å². The first-order valence-electron chi connectivity index (χ1n) is 7.00. The summed E-state index contributed by atoms with van der Waals surface area (Å²) in [5, 5.41) is 3.38. The van der Waals surface area contributed by atoms with Crippen LogP contribution >= 0.6 is 0 Å². The largest absolute Gasteiger partial charge is 0.376 e. The van der Waals surface area contributed by atoms with Crippen LogP contribution < -0.4 is 20.9 Å². The highest BCUT2D eigenvalue weighted by Gasteiger charge is 2.20. The van der Waals surface area contributed by atoms with Crippen molar-refractivity contribution in [3.63, 3.8) is 0 Å². The third-order valence-electron chi connectivity index (χ3n) is 3.81. The Labute approximate surface area is 114 Å². The van der Waals surface area contributed by atoms with E-state index in [-0.39, 0.29) is 6.17 Å². The van der Waals surface area contributed by atoms with Gasteiger partial charge in [-0.2, -0.15) is 0 Å². The van der Waals surface area contributed by atoms with E-state index in [4.69, 9.17) is 10.5 Å². The van der Waals surface area contributed by atoms with E-state index in [1.54, 1.807) is 0 Å². The lowest BCUT2D eigenvalue weighted by Crippen LogP contribution is -2.51. The van der Waals surface area contributed by atoms with Gasteiger partial charge in [-0.15, -0.1) is 0 Å². The Balaban J connectivity index is 1.78. The number of benzene rings is 1. The molecule has 2 aliphatic rings. The van der Waals surface area contributed by atoms with Crippen LogP contribution in [0.15, 0.2) is 24.3 Å². The van der Waals surface area contributed by atoms with Crippen LogP contribution in [0.4, 0.5) is 11.4 Å². The molecule has 0 saturated carbocycles. The van der Waals surface area contributed by atoms with Crippen molar-refractivity contribution < 1.29 is 4.74 Å². The molecule has 1 aromatic carbocycles. The zero-order valence-corrected chi connectivity index (χ0v) is 11.2. The third-order valence-corrected chi connectivity index (χ3v) is 3.81. The molecule has 2 aliphatic heterocycles. The van der Waals surface area contributed by atoms with Crippen molar-refractivity contribution in [1.29, 1.82) is 0 Å². The zero-order chi connectivity index (χ0) is 13.1. The molecule has 0 amide bonds. The van der Waals surface area contributed by atoms with Gasteiger partial charge in [0.25, 0.3) is 0 Å². The quantitative estimate of drug-likeness (QED) is 0.798. The Morgan fingerprint density at radius 2 is 1.95 bits per heavy atom. The normalized spacial score (nSPS) is 24.6. The SMILES string of the molecule is NC1COCCN1c1cccc(N2CCNCC2)c1. The number of nitrogens with zero attached hydrogens (tertiary/aromatic N) is 2. The van der Waals surface area contributed by atoms with Gasteiger partial charge in [0.15, 0.2) is 0 Å². The zero-order valence-electron chi connectivity index (χ0n) is 11.2. The summed E-state index contributed by atoms with van der Waals surface area (Å²) in [5.74, 6) is 0. The molecule has 1 unspecified atom stereocenters. The molecule has 3 N–H and O–H groups in total. The van der Waals surface area contributed by atoms with E-state index in [9.17, 15) is 0 Å². The van der Waals surface area contributed by atoms with Crippen molar-refractivity contribution in [2.45, 2.75) is 6.17 Å². The minimum Gasteiger partial charge on any atom is -0.376 e. The van der Waals surface area contributed by atoms with Gasteiger partial charge in [0.2, 0.25) is 0 Å². The van der Waals surface area contributed by atoms with Crippen molar-refractivity contribution in [3.05, 3.63) is 24.3 Å². The fourth-order valence-electron chi connectivity index (χ4n) is 2.73. The highest BCUT2D eigenvalue weighted by atomic mass is 16.5. The van der Waals surface area contributed by atoms with Gasteiger partial charge in [0, 0.05) is 44.1 Å². The molecule has 0 bridgehead atoms. The van der Waals surface area contributed by atoms with Crippen LogP contribution in [0.1, 0.15) is 0 Å². The molecule has 2 heterocycles. The van der Waals surface area contributed by atoms with Gasteiger partial charge in [-0.25, -0.2) is 0 Å². The highest BCUT2D eigenvalue weighted by molar-refractivity contribution is 5.60. The van der Waals surface area contributed by atoms with E-state index in [1.807, 2.05) is 0 Å². The Morgan fingerprint density at radius 1 is 1.16 bits per heavy atom. The van der Waals surface area contributed by atoms with Gasteiger partial charge in [-0.05, 0) is 18.2 Å². The standard InChI is InChI=1S/C14H22N4O/c15-14-11-19-9-8-18(14)13-3-1-2-12(10-13)17-6-4-16-5-7-17/h1-3,10,14,16H,4-9,11,15H2. The lowest BCUT2D eigenvalue weighted by Gasteiger charge is -2.36. The van der Waals surface area contributed by atoms with Crippen molar-refractivity contribution in [2.24, 2.45) is 5.73 Å². The van der Waals surface area contributed by atoms with Gasteiger partial charge in [-0.3, -0.25) is 0 Å². The van der Waals surface area contributed by atoms with E-state index in [2.05, 4.69) is 39.4 Å². The maximum absolute atomic E-state index is 6.12. The second-order valence-corrected chi connectivity index (χ2v) is 5.09. The van der Waals surface area contributed by atoms with Crippen LogP contribution in [-0.4, -0.2) is 52.1 Å². The number of ether oxygens (including phenoxy) is 1. The molecule has 0 aromatic heterocycles. The summed E-state index contributed by atoms with van der Waals surface area (Å²) in [6.07, 6.45) is -0.0352. The number of hydrogen-bond acceptors (Lipinski definition) is 5. The lowest BCUT2D eigenvalue weighted by atomic mass is 10.2. The fraction of sp³-hybridized carbons (Fsp3) is 0.571. The van der Waals surface area contributed by atoms with Crippen LogP contribution in [0.2, 0.25) is 0 Å². The first-order valence-corrected chi connectivity index (χ1v) is 7.00. The molecule has 19 heavy (non-hydrogen) atoms. The number of rotatable bonds is 2. The van der Waals surface area contributed by atoms with Crippen LogP contribution in [0.3, 0.4) is 0 Å². The van der Waals surface area contributed by atoms with Crippen LogP contribution in [0.5, 0.6) is 0 Å². The molecular formula is C14H22N4O. The van der Waals surface area contributed by atoms with E-state index in [0.717, 1.165) is 39.3 Å². The van der Waals surface area contributed by atoms with Crippen molar-refractivity contribution in [3.8, 4) is 0 Å². The highest BCUT2D eigenvalue weighted by Crippen LogP contribution is 2.24. The maximum atomic E-state index is 6.12. The molecule has 1 atom stereocenters. The molecule has 0 spiro atoms. The molecule has 5 nitrogen and oxygen atoms in total. The molecule has 3 rings (SSSR count). The molecule has 104 valence electrons. The molecule has 5 heteroatoms. The summed E-state index contributed by atoms with van der Waals surface area (Å²) >= 11 is 0. The molecular weight excluding hydrogens is 240 g/mol. The molecule has 2 saturated heterocycles. The summed E-state index contributed by atoms with van der Waals surface area (Å²) in [6.45, 7) is 6.48. The minimum absolute atomic E-state index is 0.0352. The monoisotopic (exact) mass is 262 g/mol. The topological polar surface area (TPSA) is 53.8 Å². The van der Waals surface area contributed by atoms with E-state index < -0.39 is 0 Å². The smallest absolute Gasteiger partial charge is 0.101 e. The summed E-state index contributed by atoms with van der Waals surface area (Å²) in [7, 11) is 0. The first-order chi connectivity index (χ1) is 9.34. The van der Waals surface area contributed by atoms with Crippen LogP contribution in [-0.2, 0) is 4.74 Å². The van der Waals surface area contributed by atoms with E-state index in [1.165, 1.54) is 11.4 Å². The van der Waals surface area contributed by atoms with Crippen LogP contribution in [0.25, 0.3) is 0 Å².